The van der Waals surface area contributed by atoms with Crippen molar-refractivity contribution in [3.05, 3.63) is 53.6 Å². The minimum Gasteiger partial charge on any atom is -0.489 e. The molecule has 6 heteroatoms. The molecule has 0 aliphatic carbocycles. The minimum absolute atomic E-state index is 0.00632. The van der Waals surface area contributed by atoms with Crippen molar-refractivity contribution in [1.82, 2.24) is 0 Å². The zero-order chi connectivity index (χ0) is 18.7. The average Bonchev–Trinajstić information content (AvgIpc) is 2.99. The van der Waals surface area contributed by atoms with Crippen LogP contribution >= 0.6 is 11.6 Å². The van der Waals surface area contributed by atoms with E-state index in [1.54, 1.807) is 29.2 Å². The Kier molecular flexibility index (Phi) is 5.47. The zero-order valence-corrected chi connectivity index (χ0v) is 15.5. The smallest absolute Gasteiger partial charge is 0.229 e. The van der Waals surface area contributed by atoms with Crippen molar-refractivity contribution in [1.29, 1.82) is 0 Å². The van der Waals surface area contributed by atoms with Gasteiger partial charge in [0.1, 0.15) is 5.75 Å². The van der Waals surface area contributed by atoms with Crippen LogP contribution in [-0.2, 0) is 9.59 Å². The molecule has 136 valence electrons. The third kappa shape index (κ3) is 3.99. The fourth-order valence-electron chi connectivity index (χ4n) is 2.95. The molecular formula is C20H21ClN2O3. The lowest BCUT2D eigenvalue weighted by Gasteiger charge is -2.21. The molecule has 1 heterocycles. The van der Waals surface area contributed by atoms with E-state index in [0.717, 1.165) is 0 Å². The second-order valence-electron chi connectivity index (χ2n) is 6.51. The van der Waals surface area contributed by atoms with Crippen molar-refractivity contribution < 1.29 is 14.3 Å². The van der Waals surface area contributed by atoms with Crippen molar-refractivity contribution in [2.24, 2.45) is 5.92 Å². The first kappa shape index (κ1) is 18.3. The van der Waals surface area contributed by atoms with E-state index in [1.807, 2.05) is 38.1 Å². The van der Waals surface area contributed by atoms with E-state index < -0.39 is 5.92 Å². The molecule has 0 spiro atoms. The summed E-state index contributed by atoms with van der Waals surface area (Å²) in [5, 5.41) is 3.28. The number of halogens is 1. The number of amides is 2. The summed E-state index contributed by atoms with van der Waals surface area (Å²) in [6, 6.07) is 14.4. The lowest BCUT2D eigenvalue weighted by Crippen LogP contribution is -2.28. The summed E-state index contributed by atoms with van der Waals surface area (Å²) in [5.74, 6) is -0.103. The van der Waals surface area contributed by atoms with Gasteiger partial charge in [-0.15, -0.1) is 0 Å². The Balaban J connectivity index is 1.75. The SMILES string of the molecule is CC(C)Oc1ccccc1N1CC(C(=O)Nc2ccccc2Cl)CC1=O. The minimum atomic E-state index is -0.439. The maximum atomic E-state index is 12.6. The molecule has 1 fully saturated rings. The van der Waals surface area contributed by atoms with Crippen molar-refractivity contribution in [2.75, 3.05) is 16.8 Å². The van der Waals surface area contributed by atoms with E-state index in [9.17, 15) is 9.59 Å². The molecule has 1 aliphatic heterocycles. The molecule has 0 saturated carbocycles. The first-order valence-corrected chi connectivity index (χ1v) is 8.95. The Morgan fingerprint density at radius 1 is 1.19 bits per heavy atom. The van der Waals surface area contributed by atoms with Gasteiger partial charge in [0.2, 0.25) is 11.8 Å². The molecule has 2 aromatic carbocycles. The molecule has 0 radical (unpaired) electrons. The number of para-hydroxylation sites is 3. The number of anilines is 2. The highest BCUT2D eigenvalue weighted by molar-refractivity contribution is 6.33. The fraction of sp³-hybridized carbons (Fsp3) is 0.300. The van der Waals surface area contributed by atoms with Crippen LogP contribution in [0.25, 0.3) is 0 Å². The summed E-state index contributed by atoms with van der Waals surface area (Å²) < 4.78 is 5.80. The van der Waals surface area contributed by atoms with Gasteiger partial charge in [0.15, 0.2) is 0 Å². The van der Waals surface area contributed by atoms with Crippen LogP contribution in [0.5, 0.6) is 5.75 Å². The van der Waals surface area contributed by atoms with Crippen molar-refractivity contribution >= 4 is 34.8 Å². The summed E-state index contributed by atoms with van der Waals surface area (Å²) >= 11 is 6.09. The summed E-state index contributed by atoms with van der Waals surface area (Å²) in [7, 11) is 0. The highest BCUT2D eigenvalue weighted by atomic mass is 35.5. The van der Waals surface area contributed by atoms with Gasteiger partial charge >= 0.3 is 0 Å². The highest BCUT2D eigenvalue weighted by Crippen LogP contribution is 2.34. The van der Waals surface area contributed by atoms with Gasteiger partial charge in [-0.3, -0.25) is 9.59 Å². The van der Waals surface area contributed by atoms with Crippen LogP contribution in [0.1, 0.15) is 20.3 Å². The van der Waals surface area contributed by atoms with Gasteiger partial charge in [-0.05, 0) is 38.1 Å². The molecule has 1 N–H and O–H groups in total. The Bertz CT molecular complexity index is 822. The summed E-state index contributed by atoms with van der Waals surface area (Å²) in [6.45, 7) is 4.18. The third-order valence-corrected chi connectivity index (χ3v) is 4.48. The molecule has 1 atom stereocenters. The Morgan fingerprint density at radius 3 is 2.62 bits per heavy atom. The standard InChI is InChI=1S/C20H21ClN2O3/c1-13(2)26-18-10-6-5-9-17(18)23-12-14(11-19(23)24)20(25)22-16-8-4-3-7-15(16)21/h3-10,13-14H,11-12H2,1-2H3,(H,22,25). The molecule has 0 aromatic heterocycles. The predicted molar refractivity (Wildman–Crippen MR) is 103 cm³/mol. The van der Waals surface area contributed by atoms with Gasteiger partial charge in [-0.2, -0.15) is 0 Å². The molecule has 1 unspecified atom stereocenters. The van der Waals surface area contributed by atoms with E-state index in [0.29, 0.717) is 28.7 Å². The number of carbonyl (C=O) groups excluding carboxylic acids is 2. The first-order valence-electron chi connectivity index (χ1n) is 8.57. The Hall–Kier alpha value is -2.53. The largest absolute Gasteiger partial charge is 0.489 e. The number of carbonyl (C=O) groups is 2. The summed E-state index contributed by atoms with van der Waals surface area (Å²) in [6.07, 6.45) is 0.153. The normalized spacial score (nSPS) is 16.8. The Labute approximate surface area is 157 Å². The van der Waals surface area contributed by atoms with E-state index >= 15 is 0 Å². The van der Waals surface area contributed by atoms with Crippen LogP contribution in [0.4, 0.5) is 11.4 Å². The highest BCUT2D eigenvalue weighted by Gasteiger charge is 2.36. The molecule has 1 saturated heterocycles. The summed E-state index contributed by atoms with van der Waals surface area (Å²) in [5.41, 5.74) is 1.24. The van der Waals surface area contributed by atoms with Crippen molar-refractivity contribution in [3.63, 3.8) is 0 Å². The maximum absolute atomic E-state index is 12.6. The number of ether oxygens (including phenoxy) is 1. The van der Waals surface area contributed by atoms with Crippen LogP contribution in [0, 0.1) is 5.92 Å². The molecule has 2 amide bonds. The number of nitrogens with zero attached hydrogens (tertiary/aromatic N) is 1. The lowest BCUT2D eigenvalue weighted by molar-refractivity contribution is -0.122. The number of nitrogens with one attached hydrogen (secondary N) is 1. The quantitative estimate of drug-likeness (QED) is 0.858. The van der Waals surface area contributed by atoms with Crippen LogP contribution < -0.4 is 15.0 Å². The van der Waals surface area contributed by atoms with Crippen molar-refractivity contribution in [2.45, 2.75) is 26.4 Å². The number of rotatable bonds is 5. The summed E-state index contributed by atoms with van der Waals surface area (Å²) in [4.78, 5) is 26.7. The van der Waals surface area contributed by atoms with E-state index in [4.69, 9.17) is 16.3 Å². The van der Waals surface area contributed by atoms with E-state index in [2.05, 4.69) is 5.32 Å². The number of hydrogen-bond donors (Lipinski definition) is 1. The van der Waals surface area contributed by atoms with Gasteiger partial charge in [0.25, 0.3) is 0 Å². The maximum Gasteiger partial charge on any atom is 0.229 e. The van der Waals surface area contributed by atoms with Gasteiger partial charge in [0, 0.05) is 13.0 Å². The number of hydrogen-bond acceptors (Lipinski definition) is 3. The Morgan fingerprint density at radius 2 is 1.88 bits per heavy atom. The monoisotopic (exact) mass is 372 g/mol. The molecule has 0 bridgehead atoms. The zero-order valence-electron chi connectivity index (χ0n) is 14.7. The van der Waals surface area contributed by atoms with E-state index in [-0.39, 0.29) is 24.3 Å². The molecule has 1 aliphatic rings. The van der Waals surface area contributed by atoms with Gasteiger partial charge < -0.3 is 15.0 Å². The molecule has 3 rings (SSSR count). The second-order valence-corrected chi connectivity index (χ2v) is 6.92. The van der Waals surface area contributed by atoms with Gasteiger partial charge in [-0.1, -0.05) is 35.9 Å². The molecular weight excluding hydrogens is 352 g/mol. The van der Waals surface area contributed by atoms with Gasteiger partial charge in [-0.25, -0.2) is 0 Å². The molecule has 5 nitrogen and oxygen atoms in total. The molecule has 26 heavy (non-hydrogen) atoms. The first-order chi connectivity index (χ1) is 12.5. The average molecular weight is 373 g/mol. The van der Waals surface area contributed by atoms with Crippen LogP contribution in [0.3, 0.4) is 0 Å². The van der Waals surface area contributed by atoms with Gasteiger partial charge in [0.05, 0.1) is 28.4 Å². The predicted octanol–water partition coefficient (Wildman–Crippen LogP) is 4.12. The third-order valence-electron chi connectivity index (χ3n) is 4.15. The van der Waals surface area contributed by atoms with Crippen LogP contribution in [-0.4, -0.2) is 24.5 Å². The number of benzene rings is 2. The second kappa shape index (κ2) is 7.79. The van der Waals surface area contributed by atoms with Crippen LogP contribution in [0.2, 0.25) is 5.02 Å². The van der Waals surface area contributed by atoms with Crippen LogP contribution in [0.15, 0.2) is 48.5 Å². The fourth-order valence-corrected chi connectivity index (χ4v) is 3.13. The lowest BCUT2D eigenvalue weighted by atomic mass is 10.1. The van der Waals surface area contributed by atoms with E-state index in [1.165, 1.54) is 0 Å². The van der Waals surface area contributed by atoms with Crippen molar-refractivity contribution in [3.8, 4) is 5.75 Å². The molecule has 2 aromatic rings. The topological polar surface area (TPSA) is 58.6 Å².